The minimum Gasteiger partial charge on any atom is -1.00 e. The van der Waals surface area contributed by atoms with Crippen molar-refractivity contribution in [2.24, 2.45) is 0 Å². The summed E-state index contributed by atoms with van der Waals surface area (Å²) in [5, 5.41) is 0.558. The number of aromatic nitrogens is 1. The van der Waals surface area contributed by atoms with E-state index >= 15 is 0 Å². The Morgan fingerprint density at radius 2 is 1.84 bits per heavy atom. The van der Waals surface area contributed by atoms with Crippen molar-refractivity contribution in [1.29, 1.82) is 0 Å². The van der Waals surface area contributed by atoms with Gasteiger partial charge in [-0.3, -0.25) is 5.73 Å². The molecule has 3 aromatic rings. The Balaban J connectivity index is 0.00000225. The van der Waals surface area contributed by atoms with Crippen molar-refractivity contribution in [1.82, 2.24) is 0 Å². The van der Waals surface area contributed by atoms with Gasteiger partial charge in [-0.15, -0.1) is 24.9 Å². The minimum absolute atomic E-state index is 0. The number of rotatable bonds is 5. The van der Waals surface area contributed by atoms with Crippen LogP contribution < -0.4 is 27.4 Å². The summed E-state index contributed by atoms with van der Waals surface area (Å²) in [4.78, 5) is 1.16. The van der Waals surface area contributed by atoms with Gasteiger partial charge in [-0.1, -0.05) is 18.2 Å². The third-order valence-electron chi connectivity index (χ3n) is 3.26. The summed E-state index contributed by atoms with van der Waals surface area (Å²) >= 11 is 2.95. The molecule has 0 fully saturated rings. The van der Waals surface area contributed by atoms with E-state index in [0.717, 1.165) is 16.2 Å². The molecule has 2 N–H and O–H groups in total. The van der Waals surface area contributed by atoms with Crippen molar-refractivity contribution < 1.29 is 34.9 Å². The van der Waals surface area contributed by atoms with Crippen LogP contribution in [0.2, 0.25) is 0 Å². The molecule has 1 heterocycles. The summed E-state index contributed by atoms with van der Waals surface area (Å²) in [5.74, 6) is 0.577. The molecule has 0 bridgehead atoms. The molecule has 25 heavy (non-hydrogen) atoms. The summed E-state index contributed by atoms with van der Waals surface area (Å²) in [5.41, 5.74) is 6.83. The van der Waals surface area contributed by atoms with E-state index in [-0.39, 0.29) is 18.2 Å². The topological polar surface area (TPSA) is 39.1 Å². The molecule has 0 aliphatic rings. The minimum atomic E-state index is -4.70. The standard InChI is InChI=1S/C16H13F3N2OS2.ClH/c17-16(18,19)22-11-6-7-13-14(10-11)24-15(20)21(13)8-9-23-12-4-2-1-3-5-12;/h1-7,10,20H,8-9H2;1H. The van der Waals surface area contributed by atoms with Crippen molar-refractivity contribution in [2.75, 3.05) is 11.5 Å². The number of nitrogen functional groups attached to an aromatic ring is 1. The summed E-state index contributed by atoms with van der Waals surface area (Å²) < 4.78 is 43.4. The third kappa shape index (κ3) is 5.17. The molecular formula is C16H14ClF3N2OS2. The van der Waals surface area contributed by atoms with Gasteiger partial charge in [0, 0.05) is 16.7 Å². The van der Waals surface area contributed by atoms with Crippen LogP contribution in [0.25, 0.3) is 10.2 Å². The number of aryl methyl sites for hydroxylation is 1. The number of thioether (sulfide) groups is 1. The first-order valence-electron chi connectivity index (χ1n) is 7.08. The molecule has 3 nitrogen and oxygen atoms in total. The lowest BCUT2D eigenvalue weighted by Gasteiger charge is -2.08. The molecule has 2 aromatic carbocycles. The number of hydrogen-bond donors (Lipinski definition) is 1. The lowest BCUT2D eigenvalue weighted by molar-refractivity contribution is -0.648. The molecule has 134 valence electrons. The second-order valence-electron chi connectivity index (χ2n) is 4.93. The molecule has 0 aliphatic carbocycles. The molecule has 0 saturated heterocycles. The second kappa shape index (κ2) is 8.16. The number of ether oxygens (including phenoxy) is 1. The van der Waals surface area contributed by atoms with Gasteiger partial charge in [0.2, 0.25) is 0 Å². The molecule has 0 atom stereocenters. The Bertz CT molecular complexity index is 841. The first-order valence-corrected chi connectivity index (χ1v) is 8.88. The summed E-state index contributed by atoms with van der Waals surface area (Å²) in [6.07, 6.45) is -4.70. The molecule has 0 saturated carbocycles. The largest absolute Gasteiger partial charge is 1.00 e. The fourth-order valence-electron chi connectivity index (χ4n) is 2.28. The highest BCUT2D eigenvalue weighted by Gasteiger charge is 2.31. The van der Waals surface area contributed by atoms with Crippen molar-refractivity contribution in [3.05, 3.63) is 48.5 Å². The van der Waals surface area contributed by atoms with E-state index in [1.165, 1.54) is 23.5 Å². The number of benzene rings is 2. The average Bonchev–Trinajstić information content (AvgIpc) is 2.82. The van der Waals surface area contributed by atoms with Gasteiger partial charge in [-0.25, -0.2) is 4.57 Å². The summed E-state index contributed by atoms with van der Waals surface area (Å²) in [6, 6.07) is 14.3. The molecule has 0 amide bonds. The van der Waals surface area contributed by atoms with Gasteiger partial charge in [0.25, 0.3) is 0 Å². The van der Waals surface area contributed by atoms with Crippen LogP contribution in [0.15, 0.2) is 53.4 Å². The first kappa shape index (κ1) is 19.7. The van der Waals surface area contributed by atoms with E-state index < -0.39 is 6.36 Å². The maximum Gasteiger partial charge on any atom is 0.573 e. The molecule has 0 radical (unpaired) electrons. The molecule has 3 rings (SSSR count). The smallest absolute Gasteiger partial charge is 0.573 e. The van der Waals surface area contributed by atoms with E-state index in [1.807, 2.05) is 34.9 Å². The van der Waals surface area contributed by atoms with Crippen LogP contribution in [0.3, 0.4) is 0 Å². The van der Waals surface area contributed by atoms with Gasteiger partial charge in [-0.05, 0) is 35.6 Å². The number of fused-ring (bicyclic) bond motifs is 1. The zero-order chi connectivity index (χ0) is 17.2. The van der Waals surface area contributed by atoms with Crippen LogP contribution in [0.1, 0.15) is 0 Å². The van der Waals surface area contributed by atoms with E-state index in [0.29, 0.717) is 16.4 Å². The number of hydrogen-bond acceptors (Lipinski definition) is 4. The van der Waals surface area contributed by atoms with Gasteiger partial charge in [0.05, 0.1) is 4.70 Å². The highest BCUT2D eigenvalue weighted by Crippen LogP contribution is 2.30. The van der Waals surface area contributed by atoms with Crippen LogP contribution in [0.5, 0.6) is 5.75 Å². The molecule has 0 spiro atoms. The van der Waals surface area contributed by atoms with Crippen LogP contribution in [0, 0.1) is 0 Å². The van der Waals surface area contributed by atoms with Crippen molar-refractivity contribution >= 4 is 38.4 Å². The molecular weight excluding hydrogens is 393 g/mol. The van der Waals surface area contributed by atoms with Gasteiger partial charge in [0.15, 0.2) is 0 Å². The van der Waals surface area contributed by atoms with E-state index in [1.54, 1.807) is 17.8 Å². The summed E-state index contributed by atoms with van der Waals surface area (Å²) in [6.45, 7) is 0.671. The zero-order valence-electron chi connectivity index (χ0n) is 12.8. The fourth-order valence-corrected chi connectivity index (χ4v) is 4.13. The maximum atomic E-state index is 12.3. The third-order valence-corrected chi connectivity index (χ3v) is 5.23. The van der Waals surface area contributed by atoms with Crippen molar-refractivity contribution in [2.45, 2.75) is 17.8 Å². The highest BCUT2D eigenvalue weighted by molar-refractivity contribution is 7.99. The van der Waals surface area contributed by atoms with Gasteiger partial charge in [-0.2, -0.15) is 0 Å². The number of thiazole rings is 1. The normalized spacial score (nSPS) is 11.3. The monoisotopic (exact) mass is 406 g/mol. The fraction of sp³-hybridized carbons (Fsp3) is 0.188. The Morgan fingerprint density at radius 1 is 1.12 bits per heavy atom. The van der Waals surface area contributed by atoms with Crippen molar-refractivity contribution in [3.8, 4) is 5.75 Å². The lowest BCUT2D eigenvalue weighted by Crippen LogP contribution is -3.00. The van der Waals surface area contributed by atoms with E-state index in [2.05, 4.69) is 4.74 Å². The van der Waals surface area contributed by atoms with Crippen LogP contribution in [-0.4, -0.2) is 12.1 Å². The number of halogens is 4. The maximum absolute atomic E-state index is 12.3. The Hall–Kier alpha value is -1.64. The van der Waals surface area contributed by atoms with Gasteiger partial charge < -0.3 is 17.1 Å². The number of anilines is 1. The first-order chi connectivity index (χ1) is 11.4. The Labute approximate surface area is 157 Å². The number of alkyl halides is 3. The van der Waals surface area contributed by atoms with Crippen LogP contribution in [0.4, 0.5) is 18.3 Å². The van der Waals surface area contributed by atoms with E-state index in [9.17, 15) is 13.2 Å². The Morgan fingerprint density at radius 3 is 2.52 bits per heavy atom. The lowest BCUT2D eigenvalue weighted by atomic mass is 10.3. The zero-order valence-corrected chi connectivity index (χ0v) is 15.2. The van der Waals surface area contributed by atoms with Gasteiger partial charge >= 0.3 is 11.5 Å². The Kier molecular flexibility index (Phi) is 6.42. The molecule has 0 unspecified atom stereocenters. The molecule has 1 aromatic heterocycles. The molecule has 9 heteroatoms. The van der Waals surface area contributed by atoms with Crippen LogP contribution >= 0.6 is 23.1 Å². The molecule has 0 aliphatic heterocycles. The van der Waals surface area contributed by atoms with Crippen LogP contribution in [-0.2, 0) is 6.54 Å². The number of nitrogens with two attached hydrogens (primary N) is 1. The van der Waals surface area contributed by atoms with Crippen molar-refractivity contribution in [3.63, 3.8) is 0 Å². The van der Waals surface area contributed by atoms with Gasteiger partial charge in [0.1, 0.15) is 17.8 Å². The SMILES string of the molecule is Nc1sc2cc(OC(F)(F)F)ccc2[n+]1CCSc1ccccc1.[Cl-]. The van der Waals surface area contributed by atoms with E-state index in [4.69, 9.17) is 5.73 Å². The average molecular weight is 407 g/mol. The second-order valence-corrected chi connectivity index (χ2v) is 7.16. The summed E-state index contributed by atoms with van der Waals surface area (Å²) in [7, 11) is 0. The predicted molar refractivity (Wildman–Crippen MR) is 90.3 cm³/mol. The number of nitrogens with zero attached hydrogens (tertiary/aromatic N) is 1. The quantitative estimate of drug-likeness (QED) is 0.515. The highest BCUT2D eigenvalue weighted by atomic mass is 35.5. The predicted octanol–water partition coefficient (Wildman–Crippen LogP) is 1.47.